The van der Waals surface area contributed by atoms with Crippen LogP contribution in [0.1, 0.15) is 18.9 Å². The van der Waals surface area contributed by atoms with E-state index >= 15 is 0 Å². The molecule has 6 nitrogen and oxygen atoms in total. The summed E-state index contributed by atoms with van der Waals surface area (Å²) in [5.74, 6) is -1.14. The molecule has 0 aliphatic rings. The number of benzene rings is 1. The molecule has 0 aromatic heterocycles. The summed E-state index contributed by atoms with van der Waals surface area (Å²) in [5, 5.41) is 11.0. The number of amides is 2. The maximum Gasteiger partial charge on any atom is 0.305 e. The largest absolute Gasteiger partial charge is 0.481 e. The van der Waals surface area contributed by atoms with E-state index < -0.39 is 11.2 Å². The second-order valence-corrected chi connectivity index (χ2v) is 6.60. The quantitative estimate of drug-likeness (QED) is 0.757. The van der Waals surface area contributed by atoms with Crippen molar-refractivity contribution in [3.05, 3.63) is 29.8 Å². The van der Waals surface area contributed by atoms with E-state index in [1.807, 2.05) is 31.2 Å². The van der Waals surface area contributed by atoms with Crippen LogP contribution in [0.25, 0.3) is 0 Å². The van der Waals surface area contributed by atoms with Crippen molar-refractivity contribution in [3.8, 4) is 0 Å². The third-order valence-electron chi connectivity index (χ3n) is 3.18. The Kier molecular flexibility index (Phi) is 7.61. The van der Waals surface area contributed by atoms with E-state index in [1.165, 1.54) is 16.7 Å². The zero-order valence-corrected chi connectivity index (χ0v) is 14.4. The molecule has 23 heavy (non-hydrogen) atoms. The number of aliphatic carboxylic acids is 1. The van der Waals surface area contributed by atoms with Crippen LogP contribution in [-0.4, -0.2) is 52.4 Å². The van der Waals surface area contributed by atoms with E-state index in [1.54, 1.807) is 14.0 Å². The number of carbonyl (C=O) groups excluding carboxylic acids is 2. The Hall–Kier alpha value is -2.02. The maximum absolute atomic E-state index is 12.0. The van der Waals surface area contributed by atoms with Crippen LogP contribution in [0.2, 0.25) is 0 Å². The van der Waals surface area contributed by atoms with Gasteiger partial charge < -0.3 is 15.3 Å². The number of carbonyl (C=O) groups is 3. The maximum atomic E-state index is 12.0. The lowest BCUT2D eigenvalue weighted by Gasteiger charge is -2.20. The molecule has 1 aromatic carbocycles. The third-order valence-corrected chi connectivity index (χ3v) is 4.32. The number of thioether (sulfide) groups is 1. The minimum atomic E-state index is -0.942. The lowest BCUT2D eigenvalue weighted by molar-refractivity contribution is -0.138. The van der Waals surface area contributed by atoms with Crippen LogP contribution in [-0.2, 0) is 14.4 Å². The number of hydrogen-bond acceptors (Lipinski definition) is 4. The van der Waals surface area contributed by atoms with Crippen molar-refractivity contribution in [3.63, 3.8) is 0 Å². The molecule has 2 N–H and O–H groups in total. The van der Waals surface area contributed by atoms with Crippen LogP contribution in [0.4, 0.5) is 5.69 Å². The fourth-order valence-electron chi connectivity index (χ4n) is 1.79. The molecule has 0 saturated heterocycles. The molecule has 1 aromatic rings. The second kappa shape index (κ2) is 9.19. The zero-order chi connectivity index (χ0) is 17.4. The normalized spacial score (nSPS) is 11.6. The van der Waals surface area contributed by atoms with Gasteiger partial charge in [-0.25, -0.2) is 0 Å². The smallest absolute Gasteiger partial charge is 0.305 e. The zero-order valence-electron chi connectivity index (χ0n) is 13.5. The van der Waals surface area contributed by atoms with E-state index in [-0.39, 0.29) is 30.5 Å². The van der Waals surface area contributed by atoms with Gasteiger partial charge in [-0.1, -0.05) is 17.7 Å². The Labute approximate surface area is 140 Å². The summed E-state index contributed by atoms with van der Waals surface area (Å²) in [5.41, 5.74) is 1.83. The second-order valence-electron chi connectivity index (χ2n) is 5.27. The van der Waals surface area contributed by atoms with Crippen molar-refractivity contribution >= 4 is 35.2 Å². The van der Waals surface area contributed by atoms with Crippen LogP contribution in [0.15, 0.2) is 24.3 Å². The number of carboxylic acids is 1. The van der Waals surface area contributed by atoms with Crippen molar-refractivity contribution in [2.24, 2.45) is 0 Å². The fraction of sp³-hybridized carbons (Fsp3) is 0.438. The van der Waals surface area contributed by atoms with Gasteiger partial charge in [-0.15, -0.1) is 11.8 Å². The minimum absolute atomic E-state index is 0.0897. The molecular weight excluding hydrogens is 316 g/mol. The van der Waals surface area contributed by atoms with E-state index in [9.17, 15) is 14.4 Å². The summed E-state index contributed by atoms with van der Waals surface area (Å²) >= 11 is 1.23. The van der Waals surface area contributed by atoms with Crippen molar-refractivity contribution in [2.45, 2.75) is 25.5 Å². The van der Waals surface area contributed by atoms with E-state index in [0.717, 1.165) is 11.3 Å². The van der Waals surface area contributed by atoms with Crippen molar-refractivity contribution in [1.29, 1.82) is 0 Å². The number of aryl methyl sites for hydroxylation is 1. The lowest BCUT2D eigenvalue weighted by Crippen LogP contribution is -2.35. The Bertz CT molecular complexity index is 560. The summed E-state index contributed by atoms with van der Waals surface area (Å²) in [6, 6.07) is 7.47. The summed E-state index contributed by atoms with van der Waals surface area (Å²) < 4.78 is 0. The van der Waals surface area contributed by atoms with E-state index in [0.29, 0.717) is 0 Å². The molecule has 1 rings (SSSR count). The fourth-order valence-corrected chi connectivity index (χ4v) is 2.59. The van der Waals surface area contributed by atoms with E-state index in [4.69, 9.17) is 5.11 Å². The van der Waals surface area contributed by atoms with Gasteiger partial charge in [-0.2, -0.15) is 0 Å². The topological polar surface area (TPSA) is 86.7 Å². The predicted octanol–water partition coefficient (Wildman–Crippen LogP) is 1.99. The molecule has 7 heteroatoms. The Morgan fingerprint density at radius 1 is 1.26 bits per heavy atom. The standard InChI is InChI=1S/C16H22N2O4S/c1-11-4-6-13(7-5-11)17-14(19)10-23-12(2)16(22)18(3)9-8-15(20)21/h4-7,12H,8-10H2,1-3H3,(H,17,19)(H,20,21). The Morgan fingerprint density at radius 2 is 1.87 bits per heavy atom. The van der Waals surface area contributed by atoms with Gasteiger partial charge >= 0.3 is 5.97 Å². The highest BCUT2D eigenvalue weighted by Gasteiger charge is 2.19. The van der Waals surface area contributed by atoms with Gasteiger partial charge in [-0.05, 0) is 26.0 Å². The van der Waals surface area contributed by atoms with Crippen LogP contribution in [0.3, 0.4) is 0 Å². The monoisotopic (exact) mass is 338 g/mol. The first-order valence-electron chi connectivity index (χ1n) is 7.24. The van der Waals surface area contributed by atoms with Gasteiger partial charge in [-0.3, -0.25) is 14.4 Å². The van der Waals surface area contributed by atoms with Gasteiger partial charge in [0.05, 0.1) is 17.4 Å². The molecule has 1 unspecified atom stereocenters. The molecular formula is C16H22N2O4S. The minimum Gasteiger partial charge on any atom is -0.481 e. The van der Waals surface area contributed by atoms with Gasteiger partial charge in [0, 0.05) is 19.3 Å². The first kappa shape index (κ1) is 19.0. The third kappa shape index (κ3) is 7.19. The van der Waals surface area contributed by atoms with Gasteiger partial charge in [0.2, 0.25) is 11.8 Å². The molecule has 0 aliphatic carbocycles. The molecule has 126 valence electrons. The van der Waals surface area contributed by atoms with Gasteiger partial charge in [0.15, 0.2) is 0 Å². The molecule has 0 heterocycles. The first-order valence-corrected chi connectivity index (χ1v) is 8.29. The molecule has 0 aliphatic heterocycles. The van der Waals surface area contributed by atoms with Crippen LogP contribution in [0, 0.1) is 6.92 Å². The number of nitrogens with zero attached hydrogens (tertiary/aromatic N) is 1. The van der Waals surface area contributed by atoms with Gasteiger partial charge in [0.1, 0.15) is 0 Å². The summed E-state index contributed by atoms with van der Waals surface area (Å²) in [4.78, 5) is 35.8. The molecule has 0 spiro atoms. The van der Waals surface area contributed by atoms with Gasteiger partial charge in [0.25, 0.3) is 0 Å². The number of nitrogens with one attached hydrogen (secondary N) is 1. The Morgan fingerprint density at radius 3 is 2.43 bits per heavy atom. The highest BCUT2D eigenvalue weighted by atomic mass is 32.2. The molecule has 0 fully saturated rings. The molecule has 0 radical (unpaired) electrons. The number of hydrogen-bond donors (Lipinski definition) is 2. The van der Waals surface area contributed by atoms with Crippen molar-refractivity contribution in [1.82, 2.24) is 4.90 Å². The van der Waals surface area contributed by atoms with Crippen LogP contribution < -0.4 is 5.32 Å². The van der Waals surface area contributed by atoms with E-state index in [2.05, 4.69) is 5.32 Å². The first-order chi connectivity index (χ1) is 10.8. The SMILES string of the molecule is Cc1ccc(NC(=O)CSC(C)C(=O)N(C)CCC(=O)O)cc1. The number of anilines is 1. The summed E-state index contributed by atoms with van der Waals surface area (Å²) in [6.45, 7) is 3.84. The highest BCUT2D eigenvalue weighted by Crippen LogP contribution is 2.15. The number of rotatable bonds is 8. The molecule has 0 bridgehead atoms. The summed E-state index contributed by atoms with van der Waals surface area (Å²) in [6.07, 6.45) is -0.0897. The average molecular weight is 338 g/mol. The Balaban J connectivity index is 2.37. The van der Waals surface area contributed by atoms with Crippen molar-refractivity contribution in [2.75, 3.05) is 24.7 Å². The van der Waals surface area contributed by atoms with Crippen LogP contribution >= 0.6 is 11.8 Å². The average Bonchev–Trinajstić information content (AvgIpc) is 2.51. The molecule has 0 saturated carbocycles. The lowest BCUT2D eigenvalue weighted by atomic mass is 10.2. The van der Waals surface area contributed by atoms with Crippen LogP contribution in [0.5, 0.6) is 0 Å². The van der Waals surface area contributed by atoms with Crippen molar-refractivity contribution < 1.29 is 19.5 Å². The molecule has 2 amide bonds. The number of carboxylic acid groups (broad SMARTS) is 1. The highest BCUT2D eigenvalue weighted by molar-refractivity contribution is 8.01. The molecule has 1 atom stereocenters. The predicted molar refractivity (Wildman–Crippen MR) is 91.6 cm³/mol. The summed E-state index contributed by atoms with van der Waals surface area (Å²) in [7, 11) is 1.56.